The molecule has 3 nitrogen and oxygen atoms in total. The van der Waals surface area contributed by atoms with E-state index in [1.165, 1.54) is 17.5 Å². The van der Waals surface area contributed by atoms with Crippen molar-refractivity contribution < 1.29 is 9.53 Å². The highest BCUT2D eigenvalue weighted by molar-refractivity contribution is 6.35. The lowest BCUT2D eigenvalue weighted by molar-refractivity contribution is -0.122. The van der Waals surface area contributed by atoms with Crippen LogP contribution in [0.5, 0.6) is 5.75 Å². The molecule has 0 saturated heterocycles. The SMILES string of the molecule is CC(Oc1ccc(Cl)cc1Cl)C(=O)Nc1cccc2c1CCCC2. The molecule has 3 rings (SSSR count). The maximum absolute atomic E-state index is 12.5. The van der Waals surface area contributed by atoms with Gasteiger partial charge in [-0.2, -0.15) is 0 Å². The first-order valence-electron chi connectivity index (χ1n) is 8.08. The summed E-state index contributed by atoms with van der Waals surface area (Å²) in [5.74, 6) is 0.249. The predicted molar refractivity (Wildman–Crippen MR) is 98.3 cm³/mol. The monoisotopic (exact) mass is 363 g/mol. The normalized spacial score (nSPS) is 14.6. The highest BCUT2D eigenvalue weighted by atomic mass is 35.5. The van der Waals surface area contributed by atoms with Crippen LogP contribution in [0, 0.1) is 0 Å². The molecule has 0 heterocycles. The Bertz CT molecular complexity index is 761. The Morgan fingerprint density at radius 1 is 1.17 bits per heavy atom. The Morgan fingerprint density at radius 2 is 1.96 bits per heavy atom. The van der Waals surface area contributed by atoms with Gasteiger partial charge in [0.2, 0.25) is 0 Å². The molecule has 0 spiro atoms. The average Bonchev–Trinajstić information content (AvgIpc) is 2.57. The second-order valence-corrected chi connectivity index (χ2v) is 6.82. The maximum atomic E-state index is 12.5. The van der Waals surface area contributed by atoms with Gasteiger partial charge in [-0.15, -0.1) is 0 Å². The number of halogens is 2. The minimum Gasteiger partial charge on any atom is -0.479 e. The van der Waals surface area contributed by atoms with Gasteiger partial charge >= 0.3 is 0 Å². The van der Waals surface area contributed by atoms with Crippen molar-refractivity contribution in [2.24, 2.45) is 0 Å². The molecule has 0 fully saturated rings. The molecule has 1 atom stereocenters. The second kappa shape index (κ2) is 7.45. The third-order valence-corrected chi connectivity index (χ3v) is 4.75. The lowest BCUT2D eigenvalue weighted by Crippen LogP contribution is -2.30. The standard InChI is InChI=1S/C19H19Cl2NO2/c1-12(24-18-10-9-14(20)11-16(18)21)19(23)22-17-8-4-6-13-5-2-3-7-15(13)17/h4,6,8-12H,2-3,5,7H2,1H3,(H,22,23). The van der Waals surface area contributed by atoms with Crippen LogP contribution in [-0.2, 0) is 17.6 Å². The van der Waals surface area contributed by atoms with E-state index >= 15 is 0 Å². The van der Waals surface area contributed by atoms with Gasteiger partial charge in [0.25, 0.3) is 5.91 Å². The molecular formula is C19H19Cl2NO2. The quantitative estimate of drug-likeness (QED) is 0.802. The number of carbonyl (C=O) groups excluding carboxylic acids is 1. The Kier molecular flexibility index (Phi) is 5.32. The molecule has 0 radical (unpaired) electrons. The highest BCUT2D eigenvalue weighted by Gasteiger charge is 2.19. The van der Waals surface area contributed by atoms with E-state index in [4.69, 9.17) is 27.9 Å². The molecule has 2 aromatic rings. The molecule has 0 aliphatic heterocycles. The second-order valence-electron chi connectivity index (χ2n) is 5.97. The highest BCUT2D eigenvalue weighted by Crippen LogP contribution is 2.30. The molecule has 0 saturated carbocycles. The third kappa shape index (κ3) is 3.85. The van der Waals surface area contributed by atoms with Crippen LogP contribution in [0.25, 0.3) is 0 Å². The van der Waals surface area contributed by atoms with Gasteiger partial charge in [0, 0.05) is 10.7 Å². The van der Waals surface area contributed by atoms with Crippen LogP contribution in [0.4, 0.5) is 5.69 Å². The number of benzene rings is 2. The van der Waals surface area contributed by atoms with Gasteiger partial charge in [0.15, 0.2) is 6.10 Å². The van der Waals surface area contributed by atoms with Crippen LogP contribution in [0.1, 0.15) is 30.9 Å². The Labute approximate surface area is 151 Å². The summed E-state index contributed by atoms with van der Waals surface area (Å²) in [6.45, 7) is 1.70. The summed E-state index contributed by atoms with van der Waals surface area (Å²) >= 11 is 12.0. The first kappa shape index (κ1) is 17.1. The number of anilines is 1. The van der Waals surface area contributed by atoms with Crippen LogP contribution in [0.3, 0.4) is 0 Å². The summed E-state index contributed by atoms with van der Waals surface area (Å²) in [5.41, 5.74) is 3.46. The Balaban J connectivity index is 1.71. The lowest BCUT2D eigenvalue weighted by Gasteiger charge is -2.21. The third-order valence-electron chi connectivity index (χ3n) is 4.22. The molecule has 1 N–H and O–H groups in total. The van der Waals surface area contributed by atoms with E-state index in [2.05, 4.69) is 11.4 Å². The zero-order chi connectivity index (χ0) is 17.1. The Morgan fingerprint density at radius 3 is 2.75 bits per heavy atom. The van der Waals surface area contributed by atoms with Crippen molar-refractivity contribution in [1.82, 2.24) is 0 Å². The number of aryl methyl sites for hydroxylation is 1. The van der Waals surface area contributed by atoms with Gasteiger partial charge < -0.3 is 10.1 Å². The minimum atomic E-state index is -0.664. The van der Waals surface area contributed by atoms with Gasteiger partial charge in [0.05, 0.1) is 5.02 Å². The maximum Gasteiger partial charge on any atom is 0.265 e. The largest absolute Gasteiger partial charge is 0.479 e. The van der Waals surface area contributed by atoms with E-state index in [-0.39, 0.29) is 5.91 Å². The number of rotatable bonds is 4. The van der Waals surface area contributed by atoms with Gasteiger partial charge in [-0.1, -0.05) is 35.3 Å². The summed E-state index contributed by atoms with van der Waals surface area (Å²) in [4.78, 5) is 12.5. The van der Waals surface area contributed by atoms with Crippen molar-refractivity contribution in [1.29, 1.82) is 0 Å². The van der Waals surface area contributed by atoms with Crippen LogP contribution >= 0.6 is 23.2 Å². The van der Waals surface area contributed by atoms with Gasteiger partial charge in [-0.05, 0) is 68.0 Å². The van der Waals surface area contributed by atoms with Gasteiger partial charge in [-0.3, -0.25) is 4.79 Å². The van der Waals surface area contributed by atoms with Crippen molar-refractivity contribution >= 4 is 34.8 Å². The van der Waals surface area contributed by atoms with E-state index in [0.29, 0.717) is 15.8 Å². The first-order chi connectivity index (χ1) is 11.5. The van der Waals surface area contributed by atoms with E-state index in [1.54, 1.807) is 25.1 Å². The molecule has 1 aliphatic carbocycles. The number of ether oxygens (including phenoxy) is 1. The van der Waals surface area contributed by atoms with Crippen molar-refractivity contribution in [2.45, 2.75) is 38.7 Å². The fourth-order valence-electron chi connectivity index (χ4n) is 2.95. The zero-order valence-corrected chi connectivity index (χ0v) is 15.0. The van der Waals surface area contributed by atoms with Crippen molar-refractivity contribution in [3.05, 3.63) is 57.6 Å². The molecular weight excluding hydrogens is 345 g/mol. The summed E-state index contributed by atoms with van der Waals surface area (Å²) in [6.07, 6.45) is 3.78. The van der Waals surface area contributed by atoms with Gasteiger partial charge in [0.1, 0.15) is 5.75 Å². The summed E-state index contributed by atoms with van der Waals surface area (Å²) < 4.78 is 5.68. The molecule has 1 unspecified atom stereocenters. The van der Waals surface area contributed by atoms with E-state index < -0.39 is 6.10 Å². The number of hydrogen-bond donors (Lipinski definition) is 1. The summed E-state index contributed by atoms with van der Waals surface area (Å²) in [5, 5.41) is 3.90. The van der Waals surface area contributed by atoms with Crippen LogP contribution in [-0.4, -0.2) is 12.0 Å². The predicted octanol–water partition coefficient (Wildman–Crippen LogP) is 5.28. The molecule has 126 valence electrons. The minimum absolute atomic E-state index is 0.194. The van der Waals surface area contributed by atoms with E-state index in [1.807, 2.05) is 12.1 Å². The Hall–Kier alpha value is -1.71. The molecule has 5 heteroatoms. The number of amides is 1. The zero-order valence-electron chi connectivity index (χ0n) is 13.4. The van der Waals surface area contributed by atoms with Crippen molar-refractivity contribution in [3.8, 4) is 5.75 Å². The molecule has 24 heavy (non-hydrogen) atoms. The fourth-order valence-corrected chi connectivity index (χ4v) is 3.40. The van der Waals surface area contributed by atoms with Crippen LogP contribution < -0.4 is 10.1 Å². The average molecular weight is 364 g/mol. The number of fused-ring (bicyclic) bond motifs is 1. The topological polar surface area (TPSA) is 38.3 Å². The molecule has 1 aliphatic rings. The molecule has 0 aromatic heterocycles. The van der Waals surface area contributed by atoms with Crippen molar-refractivity contribution in [2.75, 3.05) is 5.32 Å². The number of carbonyl (C=O) groups is 1. The lowest BCUT2D eigenvalue weighted by atomic mass is 9.90. The van der Waals surface area contributed by atoms with Crippen LogP contribution in [0.2, 0.25) is 10.0 Å². The smallest absolute Gasteiger partial charge is 0.265 e. The van der Waals surface area contributed by atoms with E-state index in [0.717, 1.165) is 24.9 Å². The van der Waals surface area contributed by atoms with Gasteiger partial charge in [-0.25, -0.2) is 0 Å². The molecule has 0 bridgehead atoms. The number of hydrogen-bond acceptors (Lipinski definition) is 2. The molecule has 1 amide bonds. The van der Waals surface area contributed by atoms with Crippen molar-refractivity contribution in [3.63, 3.8) is 0 Å². The molecule has 2 aromatic carbocycles. The number of nitrogens with one attached hydrogen (secondary N) is 1. The van der Waals surface area contributed by atoms with E-state index in [9.17, 15) is 4.79 Å². The van der Waals surface area contributed by atoms with Crippen LogP contribution in [0.15, 0.2) is 36.4 Å². The summed E-state index contributed by atoms with van der Waals surface area (Å²) in [7, 11) is 0. The summed E-state index contributed by atoms with van der Waals surface area (Å²) in [6, 6.07) is 11.0. The first-order valence-corrected chi connectivity index (χ1v) is 8.83. The fraction of sp³-hybridized carbons (Fsp3) is 0.316.